The molecule has 4 aromatic rings. The first kappa shape index (κ1) is 28.6. The molecule has 0 radical (unpaired) electrons. The van der Waals surface area contributed by atoms with E-state index in [1.807, 2.05) is 48.7 Å². The van der Waals surface area contributed by atoms with E-state index in [2.05, 4.69) is 20.0 Å². The second-order valence-electron chi connectivity index (χ2n) is 10.7. The Kier molecular flexibility index (Phi) is 8.52. The fourth-order valence-electron chi connectivity index (χ4n) is 5.58. The normalized spacial score (nSPS) is 16.9. The van der Waals surface area contributed by atoms with Gasteiger partial charge >= 0.3 is 0 Å². The predicted molar refractivity (Wildman–Crippen MR) is 159 cm³/mol. The SMILES string of the molecule is CC(Cc1c[nH]c2ccccc12)(NS(=O)(=O)c1ccc(Cl)c(Cl)c1)C(=O)NC(c1ccccn1)C1CCCCC1. The van der Waals surface area contributed by atoms with E-state index < -0.39 is 21.5 Å². The number of carbonyl (C=O) groups excluding carboxylic acids is 1. The van der Waals surface area contributed by atoms with Crippen molar-refractivity contribution in [2.45, 2.75) is 61.9 Å². The molecule has 2 heterocycles. The lowest BCUT2D eigenvalue weighted by atomic mass is 9.82. The maximum Gasteiger partial charge on any atom is 0.241 e. The fourth-order valence-corrected chi connectivity index (χ4v) is 7.34. The number of para-hydroxylation sites is 1. The van der Waals surface area contributed by atoms with Crippen molar-refractivity contribution in [2.24, 2.45) is 5.92 Å². The summed E-state index contributed by atoms with van der Waals surface area (Å²) in [4.78, 5) is 22.0. The van der Waals surface area contributed by atoms with Crippen LogP contribution in [0, 0.1) is 5.92 Å². The molecule has 1 saturated carbocycles. The molecule has 2 atom stereocenters. The lowest BCUT2D eigenvalue weighted by Gasteiger charge is -2.35. The quantitative estimate of drug-likeness (QED) is 0.202. The third kappa shape index (κ3) is 6.20. The fraction of sp³-hybridized carbons (Fsp3) is 0.333. The number of hydrogen-bond donors (Lipinski definition) is 3. The van der Waals surface area contributed by atoms with Crippen molar-refractivity contribution in [2.75, 3.05) is 0 Å². The van der Waals surface area contributed by atoms with Crippen LogP contribution in [0.2, 0.25) is 10.0 Å². The van der Waals surface area contributed by atoms with Gasteiger partial charge in [0.15, 0.2) is 0 Å². The Hall–Kier alpha value is -2.91. The van der Waals surface area contributed by atoms with E-state index in [1.165, 1.54) is 24.6 Å². The van der Waals surface area contributed by atoms with Gasteiger partial charge < -0.3 is 10.3 Å². The number of pyridine rings is 1. The molecular formula is C30H32Cl2N4O3S. The van der Waals surface area contributed by atoms with Gasteiger partial charge in [0, 0.05) is 29.7 Å². The Morgan fingerprint density at radius 3 is 2.52 bits per heavy atom. The number of rotatable bonds is 9. The zero-order valence-corrected chi connectivity index (χ0v) is 24.5. The van der Waals surface area contributed by atoms with Crippen LogP contribution in [0.15, 0.2) is 78.0 Å². The Bertz CT molecular complexity index is 1600. The summed E-state index contributed by atoms with van der Waals surface area (Å²) in [5.41, 5.74) is 0.945. The molecule has 0 saturated heterocycles. The average Bonchev–Trinajstić information content (AvgIpc) is 3.36. The molecular weight excluding hydrogens is 567 g/mol. The minimum absolute atomic E-state index is 0.0755. The number of benzene rings is 2. The molecule has 7 nitrogen and oxygen atoms in total. The Balaban J connectivity index is 1.52. The van der Waals surface area contributed by atoms with Crippen LogP contribution >= 0.6 is 23.2 Å². The van der Waals surface area contributed by atoms with Gasteiger partial charge in [0.25, 0.3) is 0 Å². The molecule has 1 amide bonds. The minimum Gasteiger partial charge on any atom is -0.361 e. The summed E-state index contributed by atoms with van der Waals surface area (Å²) in [6, 6.07) is 17.1. The van der Waals surface area contributed by atoms with Gasteiger partial charge in [-0.1, -0.05) is 66.7 Å². The zero-order chi connectivity index (χ0) is 28.3. The summed E-state index contributed by atoms with van der Waals surface area (Å²) in [7, 11) is -4.16. The smallest absolute Gasteiger partial charge is 0.241 e. The molecule has 3 N–H and O–H groups in total. The third-order valence-electron chi connectivity index (χ3n) is 7.70. The lowest BCUT2D eigenvalue weighted by molar-refractivity contribution is -0.127. The summed E-state index contributed by atoms with van der Waals surface area (Å²) in [6.45, 7) is 1.62. The van der Waals surface area contributed by atoms with Crippen molar-refractivity contribution in [1.82, 2.24) is 20.0 Å². The summed E-state index contributed by atoms with van der Waals surface area (Å²) < 4.78 is 30.0. The maximum atomic E-state index is 14.3. The van der Waals surface area contributed by atoms with Crippen molar-refractivity contribution >= 4 is 50.0 Å². The maximum absolute atomic E-state index is 14.3. The van der Waals surface area contributed by atoms with Crippen molar-refractivity contribution in [1.29, 1.82) is 0 Å². The van der Waals surface area contributed by atoms with Crippen molar-refractivity contribution < 1.29 is 13.2 Å². The molecule has 2 unspecified atom stereocenters. The summed E-state index contributed by atoms with van der Waals surface area (Å²) >= 11 is 12.2. The van der Waals surface area contributed by atoms with Crippen LogP contribution in [-0.4, -0.2) is 29.8 Å². The lowest BCUT2D eigenvalue weighted by Crippen LogP contribution is -2.59. The number of nitrogens with zero attached hydrogens (tertiary/aromatic N) is 1. The summed E-state index contributed by atoms with van der Waals surface area (Å²) in [5.74, 6) is -0.223. The molecule has 0 bridgehead atoms. The first-order valence-electron chi connectivity index (χ1n) is 13.4. The molecule has 1 aliphatic rings. The highest BCUT2D eigenvalue weighted by atomic mass is 35.5. The molecule has 2 aromatic carbocycles. The van der Waals surface area contributed by atoms with Gasteiger partial charge in [0.05, 0.1) is 26.7 Å². The van der Waals surface area contributed by atoms with E-state index in [4.69, 9.17) is 23.2 Å². The van der Waals surface area contributed by atoms with Crippen LogP contribution < -0.4 is 10.0 Å². The molecule has 1 fully saturated rings. The number of aromatic amines is 1. The largest absolute Gasteiger partial charge is 0.361 e. The zero-order valence-electron chi connectivity index (χ0n) is 22.2. The van der Waals surface area contributed by atoms with Crippen molar-refractivity contribution in [3.05, 3.63) is 94.4 Å². The van der Waals surface area contributed by atoms with E-state index in [0.717, 1.165) is 47.8 Å². The number of aromatic nitrogens is 2. The van der Waals surface area contributed by atoms with Gasteiger partial charge in [-0.25, -0.2) is 8.42 Å². The van der Waals surface area contributed by atoms with E-state index in [9.17, 15) is 13.2 Å². The minimum atomic E-state index is -4.16. The molecule has 40 heavy (non-hydrogen) atoms. The topological polar surface area (TPSA) is 104 Å². The molecule has 1 aliphatic carbocycles. The van der Waals surface area contributed by atoms with E-state index in [-0.39, 0.29) is 33.3 Å². The molecule has 10 heteroatoms. The first-order valence-corrected chi connectivity index (χ1v) is 15.7. The number of nitrogens with one attached hydrogen (secondary N) is 3. The standard InChI is InChI=1S/C30H32Cl2N4O3S/c1-30(18-21-19-34-26-12-6-5-11-23(21)26,36-40(38,39)22-14-15-24(31)25(32)17-22)29(37)35-28(20-9-3-2-4-10-20)27-13-7-8-16-33-27/h5-8,11-17,19-20,28,34,36H,2-4,9-10,18H2,1H3,(H,35,37). The van der Waals surface area contributed by atoms with Gasteiger partial charge in [-0.3, -0.25) is 9.78 Å². The summed E-state index contributed by atoms with van der Waals surface area (Å²) in [6.07, 6.45) is 8.92. The number of amides is 1. The van der Waals surface area contributed by atoms with Gasteiger partial charge in [0.2, 0.25) is 15.9 Å². The highest BCUT2D eigenvalue weighted by Gasteiger charge is 2.41. The second kappa shape index (κ2) is 11.9. The molecule has 210 valence electrons. The number of H-pyrrole nitrogens is 1. The monoisotopic (exact) mass is 598 g/mol. The highest BCUT2D eigenvalue weighted by molar-refractivity contribution is 7.89. The summed E-state index contributed by atoms with van der Waals surface area (Å²) in [5, 5.41) is 4.49. The van der Waals surface area contributed by atoms with Crippen molar-refractivity contribution in [3.8, 4) is 0 Å². The van der Waals surface area contributed by atoms with Gasteiger partial charge in [-0.2, -0.15) is 4.72 Å². The van der Waals surface area contributed by atoms with E-state index in [0.29, 0.717) is 0 Å². The first-order chi connectivity index (χ1) is 19.2. The van der Waals surface area contributed by atoms with Crippen LogP contribution in [0.1, 0.15) is 56.3 Å². The Morgan fingerprint density at radius 1 is 1.05 bits per heavy atom. The highest BCUT2D eigenvalue weighted by Crippen LogP contribution is 2.35. The van der Waals surface area contributed by atoms with Gasteiger partial charge in [-0.15, -0.1) is 0 Å². The second-order valence-corrected chi connectivity index (χ2v) is 13.2. The number of carbonyl (C=O) groups is 1. The molecule has 0 spiro atoms. The van der Waals surface area contributed by atoms with Crippen LogP contribution in [-0.2, 0) is 21.2 Å². The predicted octanol–water partition coefficient (Wildman–Crippen LogP) is 6.59. The number of sulfonamides is 1. The number of hydrogen-bond acceptors (Lipinski definition) is 4. The van der Waals surface area contributed by atoms with Crippen LogP contribution in [0.4, 0.5) is 0 Å². The molecule has 2 aromatic heterocycles. The number of halogens is 2. The molecule has 0 aliphatic heterocycles. The average molecular weight is 600 g/mol. The Labute approximate surface area is 244 Å². The molecule has 5 rings (SSSR count). The van der Waals surface area contributed by atoms with Crippen molar-refractivity contribution in [3.63, 3.8) is 0 Å². The third-order valence-corrected chi connectivity index (χ3v) is 10.0. The van der Waals surface area contributed by atoms with E-state index >= 15 is 0 Å². The van der Waals surface area contributed by atoms with Gasteiger partial charge in [-0.05, 0) is 67.6 Å². The Morgan fingerprint density at radius 2 is 1.80 bits per heavy atom. The van der Waals surface area contributed by atoms with Crippen LogP contribution in [0.3, 0.4) is 0 Å². The van der Waals surface area contributed by atoms with E-state index in [1.54, 1.807) is 13.1 Å². The van der Waals surface area contributed by atoms with Gasteiger partial charge in [0.1, 0.15) is 5.54 Å². The van der Waals surface area contributed by atoms with Crippen LogP contribution in [0.5, 0.6) is 0 Å². The van der Waals surface area contributed by atoms with Crippen LogP contribution in [0.25, 0.3) is 10.9 Å². The number of fused-ring (bicyclic) bond motifs is 1.